The lowest BCUT2D eigenvalue weighted by Crippen LogP contribution is -2.30. The van der Waals surface area contributed by atoms with Crippen molar-refractivity contribution in [1.82, 2.24) is 4.98 Å². The summed E-state index contributed by atoms with van der Waals surface area (Å²) < 4.78 is 38.5. The number of fused-ring (bicyclic) bond motifs is 2. The van der Waals surface area contributed by atoms with Gasteiger partial charge in [0, 0.05) is 18.0 Å². The highest BCUT2D eigenvalue weighted by molar-refractivity contribution is 7.93. The molecule has 3 aromatic rings. The van der Waals surface area contributed by atoms with Crippen LogP contribution in [0, 0.1) is 0 Å². The number of nitrogens with zero attached hydrogens (tertiary/aromatic N) is 2. The Bertz CT molecular complexity index is 1150. The molecular formula is C19H17ClN2O4S. The van der Waals surface area contributed by atoms with Crippen molar-refractivity contribution >= 4 is 38.3 Å². The Morgan fingerprint density at radius 1 is 1.11 bits per heavy atom. The van der Waals surface area contributed by atoms with Gasteiger partial charge >= 0.3 is 0 Å². The molecule has 0 radical (unpaired) electrons. The third-order valence-corrected chi connectivity index (χ3v) is 6.73. The normalized spacial score (nSPS) is 13.7. The Morgan fingerprint density at radius 2 is 1.93 bits per heavy atom. The largest absolute Gasteiger partial charge is 0.497 e. The number of aromatic nitrogens is 1. The van der Waals surface area contributed by atoms with Crippen LogP contribution >= 0.6 is 11.6 Å². The van der Waals surface area contributed by atoms with E-state index in [1.807, 2.05) is 18.2 Å². The molecule has 0 unspecified atom stereocenters. The molecule has 1 aromatic heterocycles. The summed E-state index contributed by atoms with van der Waals surface area (Å²) in [5.41, 5.74) is 1.45. The molecule has 140 valence electrons. The number of para-hydroxylation sites is 1. The Morgan fingerprint density at radius 3 is 2.67 bits per heavy atom. The Balaban J connectivity index is 1.88. The first-order chi connectivity index (χ1) is 13.0. The van der Waals surface area contributed by atoms with E-state index < -0.39 is 10.0 Å². The molecule has 1 aliphatic rings. The van der Waals surface area contributed by atoms with E-state index in [9.17, 15) is 8.42 Å². The van der Waals surface area contributed by atoms with Crippen molar-refractivity contribution in [2.75, 3.05) is 25.1 Å². The molecule has 0 spiro atoms. The number of rotatable bonds is 4. The van der Waals surface area contributed by atoms with Gasteiger partial charge < -0.3 is 9.47 Å². The van der Waals surface area contributed by atoms with Gasteiger partial charge in [-0.15, -0.1) is 0 Å². The van der Waals surface area contributed by atoms with Crippen molar-refractivity contribution in [2.24, 2.45) is 0 Å². The molecule has 6 nitrogen and oxygen atoms in total. The lowest BCUT2D eigenvalue weighted by Gasteiger charge is -2.21. The van der Waals surface area contributed by atoms with Gasteiger partial charge in [-0.3, -0.25) is 0 Å². The molecule has 0 bridgehead atoms. The third-order valence-electron chi connectivity index (χ3n) is 4.61. The van der Waals surface area contributed by atoms with Crippen LogP contribution in [0.3, 0.4) is 0 Å². The molecule has 0 atom stereocenters. The van der Waals surface area contributed by atoms with Crippen molar-refractivity contribution in [3.8, 4) is 11.5 Å². The molecule has 0 saturated carbocycles. The van der Waals surface area contributed by atoms with Crippen LogP contribution in [0.4, 0.5) is 5.82 Å². The molecular weight excluding hydrogens is 388 g/mol. The van der Waals surface area contributed by atoms with Crippen molar-refractivity contribution in [2.45, 2.75) is 11.3 Å². The number of sulfonamides is 1. The first-order valence-corrected chi connectivity index (χ1v) is 10.1. The fourth-order valence-corrected chi connectivity index (χ4v) is 5.11. The monoisotopic (exact) mass is 404 g/mol. The van der Waals surface area contributed by atoms with Crippen molar-refractivity contribution in [3.05, 3.63) is 53.1 Å². The standard InChI is InChI=1S/C19H17ClN2O4S/c1-25-14-6-7-16(26-2)17(11-14)27(23,24)22-9-8-13-10-12-4-3-5-15(20)18(12)21-19(13)22/h3-7,10-11H,8-9H2,1-2H3. The number of ether oxygens (including phenoxy) is 2. The summed E-state index contributed by atoms with van der Waals surface area (Å²) in [6, 6.07) is 12.1. The number of pyridine rings is 1. The number of hydrogen-bond acceptors (Lipinski definition) is 5. The van der Waals surface area contributed by atoms with Gasteiger partial charge in [0.15, 0.2) is 0 Å². The summed E-state index contributed by atoms with van der Waals surface area (Å²) in [4.78, 5) is 4.61. The van der Waals surface area contributed by atoms with Gasteiger partial charge in [0.1, 0.15) is 22.2 Å². The molecule has 8 heteroatoms. The number of methoxy groups -OCH3 is 2. The van der Waals surface area contributed by atoms with Gasteiger partial charge in [0.05, 0.1) is 24.8 Å². The van der Waals surface area contributed by atoms with Crippen LogP contribution in [0.5, 0.6) is 11.5 Å². The molecule has 0 amide bonds. The molecule has 1 aliphatic heterocycles. The minimum absolute atomic E-state index is 0.0401. The molecule has 4 rings (SSSR count). The zero-order valence-corrected chi connectivity index (χ0v) is 16.3. The molecule has 0 fully saturated rings. The van der Waals surface area contributed by atoms with E-state index in [0.717, 1.165) is 10.9 Å². The molecule has 2 aromatic carbocycles. The fourth-order valence-electron chi connectivity index (χ4n) is 3.26. The minimum atomic E-state index is -3.89. The van der Waals surface area contributed by atoms with Crippen LogP contribution in [0.2, 0.25) is 5.02 Å². The first kappa shape index (κ1) is 17.9. The summed E-state index contributed by atoms with van der Waals surface area (Å²) >= 11 is 6.26. The van der Waals surface area contributed by atoms with Gasteiger partial charge in [-0.05, 0) is 36.2 Å². The number of halogens is 1. The second-order valence-corrected chi connectivity index (χ2v) is 8.36. The smallest absolute Gasteiger partial charge is 0.269 e. The van der Waals surface area contributed by atoms with E-state index in [2.05, 4.69) is 4.98 Å². The average molecular weight is 405 g/mol. The zero-order valence-electron chi connectivity index (χ0n) is 14.8. The van der Waals surface area contributed by atoms with E-state index in [4.69, 9.17) is 21.1 Å². The lowest BCUT2D eigenvalue weighted by atomic mass is 10.1. The maximum absolute atomic E-state index is 13.4. The summed E-state index contributed by atoms with van der Waals surface area (Å²) in [7, 11) is -0.966. The molecule has 2 heterocycles. The third kappa shape index (κ3) is 2.87. The van der Waals surface area contributed by atoms with E-state index in [1.165, 1.54) is 24.6 Å². The fraction of sp³-hybridized carbons (Fsp3) is 0.211. The van der Waals surface area contributed by atoms with E-state index >= 15 is 0 Å². The highest BCUT2D eigenvalue weighted by Crippen LogP contribution is 2.38. The van der Waals surface area contributed by atoms with Crippen LogP contribution in [-0.2, 0) is 16.4 Å². The maximum Gasteiger partial charge on any atom is 0.269 e. The van der Waals surface area contributed by atoms with E-state index in [-0.39, 0.29) is 10.6 Å². The zero-order chi connectivity index (χ0) is 19.2. The molecule has 27 heavy (non-hydrogen) atoms. The quantitative estimate of drug-likeness (QED) is 0.663. The summed E-state index contributed by atoms with van der Waals surface area (Å²) in [5.74, 6) is 1.09. The minimum Gasteiger partial charge on any atom is -0.497 e. The predicted octanol–water partition coefficient (Wildman–Crippen LogP) is 3.66. The van der Waals surface area contributed by atoms with Crippen LogP contribution in [0.1, 0.15) is 5.56 Å². The first-order valence-electron chi connectivity index (χ1n) is 8.28. The van der Waals surface area contributed by atoms with Gasteiger partial charge in [0.25, 0.3) is 10.0 Å². The van der Waals surface area contributed by atoms with E-state index in [1.54, 1.807) is 18.2 Å². The van der Waals surface area contributed by atoms with Crippen LogP contribution in [0.15, 0.2) is 47.4 Å². The second-order valence-electron chi connectivity index (χ2n) is 6.13. The van der Waals surface area contributed by atoms with Crippen molar-refractivity contribution in [1.29, 1.82) is 0 Å². The summed E-state index contributed by atoms with van der Waals surface area (Å²) in [6.45, 7) is 0.305. The highest BCUT2D eigenvalue weighted by atomic mass is 35.5. The summed E-state index contributed by atoms with van der Waals surface area (Å²) in [6.07, 6.45) is 0.580. The second kappa shape index (κ2) is 6.58. The maximum atomic E-state index is 13.4. The molecule has 0 saturated heterocycles. The molecule has 0 aliphatic carbocycles. The highest BCUT2D eigenvalue weighted by Gasteiger charge is 2.35. The van der Waals surface area contributed by atoms with Crippen LogP contribution < -0.4 is 13.8 Å². The number of benzene rings is 2. The Labute approximate surface area is 162 Å². The molecule has 0 N–H and O–H groups in total. The lowest BCUT2D eigenvalue weighted by molar-refractivity contribution is 0.392. The SMILES string of the molecule is COc1ccc(OC)c(S(=O)(=O)N2CCc3cc4cccc(Cl)c4nc32)c1. The summed E-state index contributed by atoms with van der Waals surface area (Å²) in [5, 5.41) is 1.37. The average Bonchev–Trinajstić information content (AvgIpc) is 3.10. The van der Waals surface area contributed by atoms with Gasteiger partial charge in [-0.25, -0.2) is 17.7 Å². The number of anilines is 1. The Hall–Kier alpha value is -2.51. The topological polar surface area (TPSA) is 68.7 Å². The van der Waals surface area contributed by atoms with E-state index in [0.29, 0.717) is 35.1 Å². The van der Waals surface area contributed by atoms with Crippen molar-refractivity contribution in [3.63, 3.8) is 0 Å². The van der Waals surface area contributed by atoms with Gasteiger partial charge in [-0.2, -0.15) is 0 Å². The van der Waals surface area contributed by atoms with Gasteiger partial charge in [0.2, 0.25) is 0 Å². The number of hydrogen-bond donors (Lipinski definition) is 0. The Kier molecular flexibility index (Phi) is 4.36. The van der Waals surface area contributed by atoms with Crippen LogP contribution in [0.25, 0.3) is 10.9 Å². The van der Waals surface area contributed by atoms with Crippen LogP contribution in [-0.4, -0.2) is 34.2 Å². The predicted molar refractivity (Wildman–Crippen MR) is 105 cm³/mol. The van der Waals surface area contributed by atoms with Crippen molar-refractivity contribution < 1.29 is 17.9 Å². The van der Waals surface area contributed by atoms with Gasteiger partial charge in [-0.1, -0.05) is 23.7 Å².